The molecule has 142 valence electrons. The van der Waals surface area contributed by atoms with E-state index >= 15 is 0 Å². The quantitative estimate of drug-likeness (QED) is 0.677. The first-order chi connectivity index (χ1) is 12.5. The lowest BCUT2D eigenvalue weighted by molar-refractivity contribution is -0.422. The minimum Gasteiger partial charge on any atom is -0.388 e. The number of rotatable bonds is 0. The molecule has 0 aromatic carbocycles. The van der Waals surface area contributed by atoms with Crippen molar-refractivity contribution in [2.24, 2.45) is 34.0 Å². The topological polar surface area (TPSA) is 41.9 Å². The van der Waals surface area contributed by atoms with Crippen LogP contribution < -0.4 is 0 Å². The highest BCUT2D eigenvalue weighted by molar-refractivity contribution is 5.32. The predicted octanol–water partition coefficient (Wildman–Crippen LogP) is 2.91. The van der Waals surface area contributed by atoms with Gasteiger partial charge >= 0.3 is 0 Å². The molecule has 4 nitrogen and oxygen atoms in total. The van der Waals surface area contributed by atoms with E-state index in [4.69, 9.17) is 9.47 Å². The van der Waals surface area contributed by atoms with E-state index in [-0.39, 0.29) is 40.9 Å². The molecule has 10 atom stereocenters. The van der Waals surface area contributed by atoms with Gasteiger partial charge in [-0.2, -0.15) is 0 Å². The fourth-order valence-corrected chi connectivity index (χ4v) is 9.72. The molecule has 5 aliphatic carbocycles. The summed E-state index contributed by atoms with van der Waals surface area (Å²) >= 11 is 0. The molecule has 7 bridgehead atoms. The zero-order valence-electron chi connectivity index (χ0n) is 15.8. The molecule has 9 fully saturated rings. The van der Waals surface area contributed by atoms with Gasteiger partial charge in [0.15, 0.2) is 0 Å². The molecule has 0 aromatic rings. The van der Waals surface area contributed by atoms with Crippen molar-refractivity contribution in [2.45, 2.75) is 76.5 Å². The lowest BCUT2D eigenvalue weighted by atomic mass is 9.32. The number of nitrogens with zero attached hydrogens (tertiary/aromatic N) is 1. The Labute approximate surface area is 155 Å². The zero-order valence-corrected chi connectivity index (χ0v) is 15.8. The summed E-state index contributed by atoms with van der Waals surface area (Å²) < 4.78 is 13.2. The highest BCUT2D eigenvalue weighted by atomic mass is 16.6. The summed E-state index contributed by atoms with van der Waals surface area (Å²) in [6.45, 7) is 8.71. The minimum atomic E-state index is -0.345. The molecular formula is C22H31NO3. The molecule has 4 saturated heterocycles. The van der Waals surface area contributed by atoms with E-state index in [1.54, 1.807) is 0 Å². The van der Waals surface area contributed by atoms with Crippen molar-refractivity contribution in [3.8, 4) is 0 Å². The summed E-state index contributed by atoms with van der Waals surface area (Å²) in [6, 6.07) is 0. The van der Waals surface area contributed by atoms with Crippen molar-refractivity contribution in [3.63, 3.8) is 0 Å². The SMILES string of the molecule is C=C1[C@H]2CC[C@]3(C(C2)[C@@]24CCC[C@@]5(C)C6OCCN6[C@@H]2O[C@@H]3CC54)[C@H]1O. The molecule has 4 heteroatoms. The van der Waals surface area contributed by atoms with Crippen LogP contribution >= 0.6 is 0 Å². The van der Waals surface area contributed by atoms with E-state index in [1.165, 1.54) is 32.1 Å². The van der Waals surface area contributed by atoms with Crippen LogP contribution in [0.25, 0.3) is 0 Å². The maximum absolute atomic E-state index is 11.4. The molecule has 0 amide bonds. The van der Waals surface area contributed by atoms with Crippen molar-refractivity contribution in [1.29, 1.82) is 0 Å². The van der Waals surface area contributed by atoms with Crippen LogP contribution in [0.1, 0.15) is 51.9 Å². The fraction of sp³-hybridized carbons (Fsp3) is 0.909. The fourth-order valence-electron chi connectivity index (χ4n) is 9.72. The molecule has 9 aliphatic rings. The van der Waals surface area contributed by atoms with E-state index in [2.05, 4.69) is 18.4 Å². The average molecular weight is 357 g/mol. The Bertz CT molecular complexity index is 710. The second-order valence-corrected chi connectivity index (χ2v) is 10.8. The summed E-state index contributed by atoms with van der Waals surface area (Å²) in [7, 11) is 0. The number of piperidine rings is 1. The van der Waals surface area contributed by atoms with Crippen LogP contribution in [0.2, 0.25) is 0 Å². The maximum atomic E-state index is 11.4. The number of aliphatic hydroxyl groups excluding tert-OH is 1. The Morgan fingerprint density at radius 3 is 2.88 bits per heavy atom. The van der Waals surface area contributed by atoms with Gasteiger partial charge in [0.25, 0.3) is 0 Å². The van der Waals surface area contributed by atoms with Gasteiger partial charge in [0, 0.05) is 22.8 Å². The smallest absolute Gasteiger partial charge is 0.119 e. The Balaban J connectivity index is 1.45. The second kappa shape index (κ2) is 4.42. The van der Waals surface area contributed by atoms with Gasteiger partial charge < -0.3 is 14.6 Å². The summed E-state index contributed by atoms with van der Waals surface area (Å²) in [6.07, 6.45) is 8.94. The van der Waals surface area contributed by atoms with Crippen molar-refractivity contribution in [1.82, 2.24) is 4.90 Å². The van der Waals surface area contributed by atoms with Crippen molar-refractivity contribution in [2.75, 3.05) is 13.2 Å². The largest absolute Gasteiger partial charge is 0.388 e. The zero-order chi connectivity index (χ0) is 17.5. The number of hydrogen-bond acceptors (Lipinski definition) is 4. The first-order valence-electron chi connectivity index (χ1n) is 10.9. The molecule has 9 rings (SSSR count). The van der Waals surface area contributed by atoms with Gasteiger partial charge in [0.1, 0.15) is 12.5 Å². The molecule has 0 aromatic heterocycles. The predicted molar refractivity (Wildman–Crippen MR) is 96.0 cm³/mol. The lowest BCUT2D eigenvalue weighted by Crippen LogP contribution is -2.83. The number of fused-ring (bicyclic) bond motifs is 4. The Morgan fingerprint density at radius 2 is 2.00 bits per heavy atom. The van der Waals surface area contributed by atoms with Crippen molar-refractivity contribution >= 4 is 0 Å². The van der Waals surface area contributed by atoms with Crippen LogP contribution in [0.4, 0.5) is 0 Å². The highest BCUT2D eigenvalue weighted by Gasteiger charge is 2.80. The number of aliphatic hydroxyl groups is 1. The normalized spacial score (nSPS) is 65.2. The van der Waals surface area contributed by atoms with E-state index < -0.39 is 0 Å². The molecule has 1 N–H and O–H groups in total. The minimum absolute atomic E-state index is 0.0511. The third kappa shape index (κ3) is 1.32. The van der Waals surface area contributed by atoms with E-state index in [9.17, 15) is 5.11 Å². The maximum Gasteiger partial charge on any atom is 0.119 e. The number of hydrogen-bond donors (Lipinski definition) is 1. The monoisotopic (exact) mass is 357 g/mol. The van der Waals surface area contributed by atoms with E-state index in [0.29, 0.717) is 17.8 Å². The van der Waals surface area contributed by atoms with Gasteiger partial charge in [-0.05, 0) is 61.9 Å². The van der Waals surface area contributed by atoms with E-state index in [1.807, 2.05) is 0 Å². The second-order valence-electron chi connectivity index (χ2n) is 10.8. The molecule has 3 unspecified atom stereocenters. The summed E-state index contributed by atoms with van der Waals surface area (Å²) in [4.78, 5) is 2.60. The van der Waals surface area contributed by atoms with Crippen LogP contribution in [0.15, 0.2) is 12.2 Å². The van der Waals surface area contributed by atoms with Gasteiger partial charge in [-0.15, -0.1) is 0 Å². The summed E-state index contributed by atoms with van der Waals surface area (Å²) in [5, 5.41) is 11.4. The molecular weight excluding hydrogens is 326 g/mol. The van der Waals surface area contributed by atoms with Crippen LogP contribution in [0.3, 0.4) is 0 Å². The molecule has 4 heterocycles. The van der Waals surface area contributed by atoms with Gasteiger partial charge in [-0.1, -0.05) is 19.9 Å². The lowest BCUT2D eigenvalue weighted by Gasteiger charge is -2.80. The van der Waals surface area contributed by atoms with Gasteiger partial charge in [0.2, 0.25) is 0 Å². The van der Waals surface area contributed by atoms with Crippen LogP contribution in [-0.4, -0.2) is 47.8 Å². The van der Waals surface area contributed by atoms with Crippen LogP contribution in [-0.2, 0) is 9.47 Å². The van der Waals surface area contributed by atoms with Gasteiger partial charge in [0.05, 0.1) is 18.8 Å². The Kier molecular flexibility index (Phi) is 2.64. The van der Waals surface area contributed by atoms with Crippen molar-refractivity contribution in [3.05, 3.63) is 12.2 Å². The van der Waals surface area contributed by atoms with Crippen LogP contribution in [0.5, 0.6) is 0 Å². The summed E-state index contributed by atoms with van der Waals surface area (Å²) in [5.74, 6) is 1.84. The third-order valence-electron chi connectivity index (χ3n) is 10.5. The van der Waals surface area contributed by atoms with E-state index in [0.717, 1.165) is 31.6 Å². The standard InChI is InChI=1S/C22H31NO3/c1-12-13-4-7-22(17(12)24)15(10-13)21-6-3-5-20(2)14(21)11-16(22)26-19(21)23-8-9-25-18(20)23/h13-19,24H,1,3-11H2,2H3/t13-,14?,15?,16+,17-,18?,19+,20+,21-,22+/m0/s1. The molecule has 0 radical (unpaired) electrons. The first kappa shape index (κ1) is 15.5. The summed E-state index contributed by atoms with van der Waals surface area (Å²) in [5.41, 5.74) is 1.55. The highest BCUT2D eigenvalue weighted by Crippen LogP contribution is 2.79. The number of ether oxygens (including phenoxy) is 2. The first-order valence-corrected chi connectivity index (χ1v) is 10.9. The van der Waals surface area contributed by atoms with Crippen molar-refractivity contribution < 1.29 is 14.6 Å². The van der Waals surface area contributed by atoms with Gasteiger partial charge in [-0.25, -0.2) is 4.90 Å². The molecule has 26 heavy (non-hydrogen) atoms. The average Bonchev–Trinajstić information content (AvgIpc) is 3.14. The van der Waals surface area contributed by atoms with Gasteiger partial charge in [-0.3, -0.25) is 0 Å². The molecule has 4 aliphatic heterocycles. The molecule has 5 saturated carbocycles. The van der Waals surface area contributed by atoms with Crippen LogP contribution in [0, 0.1) is 34.0 Å². The third-order valence-corrected chi connectivity index (χ3v) is 10.5. The Hall–Kier alpha value is -0.420. The molecule has 2 spiro atoms. The Morgan fingerprint density at radius 1 is 1.12 bits per heavy atom.